The largest absolute Gasteiger partial charge is 0.378 e. The van der Waals surface area contributed by atoms with E-state index in [0.717, 1.165) is 26.1 Å². The lowest BCUT2D eigenvalue weighted by Gasteiger charge is -2.23. The van der Waals surface area contributed by atoms with Crippen molar-refractivity contribution in [2.75, 3.05) is 19.7 Å². The number of carbonyl (C=O) groups excluding carboxylic acids is 1. The SMILES string of the molecule is CCN(CC)C(=O)C1CCOC1C. The van der Waals surface area contributed by atoms with Crippen molar-refractivity contribution < 1.29 is 9.53 Å². The Kier molecular flexibility index (Phi) is 3.72. The van der Waals surface area contributed by atoms with Crippen LogP contribution < -0.4 is 0 Å². The van der Waals surface area contributed by atoms with Crippen molar-refractivity contribution in [2.24, 2.45) is 5.92 Å². The fraction of sp³-hybridized carbons (Fsp3) is 0.900. The molecule has 0 aliphatic carbocycles. The van der Waals surface area contributed by atoms with Gasteiger partial charge in [0.1, 0.15) is 0 Å². The molecule has 76 valence electrons. The van der Waals surface area contributed by atoms with Crippen LogP contribution in [0.4, 0.5) is 0 Å². The predicted octanol–water partition coefficient (Wildman–Crippen LogP) is 1.28. The summed E-state index contributed by atoms with van der Waals surface area (Å²) in [6.07, 6.45) is 0.990. The normalized spacial score (nSPS) is 27.6. The van der Waals surface area contributed by atoms with E-state index in [1.807, 2.05) is 25.7 Å². The van der Waals surface area contributed by atoms with Gasteiger partial charge in [0.05, 0.1) is 12.0 Å². The van der Waals surface area contributed by atoms with Crippen LogP contribution in [-0.2, 0) is 9.53 Å². The molecule has 1 amide bonds. The lowest BCUT2D eigenvalue weighted by Crippen LogP contribution is -2.38. The average molecular weight is 185 g/mol. The second kappa shape index (κ2) is 4.61. The molecule has 1 heterocycles. The molecule has 1 fully saturated rings. The van der Waals surface area contributed by atoms with E-state index in [0.29, 0.717) is 0 Å². The summed E-state index contributed by atoms with van der Waals surface area (Å²) >= 11 is 0. The van der Waals surface area contributed by atoms with Crippen molar-refractivity contribution in [3.8, 4) is 0 Å². The van der Waals surface area contributed by atoms with Crippen molar-refractivity contribution in [3.05, 3.63) is 0 Å². The molecule has 2 atom stereocenters. The van der Waals surface area contributed by atoms with Crippen molar-refractivity contribution in [3.63, 3.8) is 0 Å². The van der Waals surface area contributed by atoms with E-state index >= 15 is 0 Å². The van der Waals surface area contributed by atoms with Gasteiger partial charge in [0, 0.05) is 19.7 Å². The highest BCUT2D eigenvalue weighted by atomic mass is 16.5. The highest BCUT2D eigenvalue weighted by Crippen LogP contribution is 2.22. The summed E-state index contributed by atoms with van der Waals surface area (Å²) in [7, 11) is 0. The summed E-state index contributed by atoms with van der Waals surface area (Å²) in [4.78, 5) is 13.7. The number of hydrogen-bond donors (Lipinski definition) is 0. The Morgan fingerprint density at radius 1 is 1.46 bits per heavy atom. The molecule has 1 aliphatic heterocycles. The summed E-state index contributed by atoms with van der Waals surface area (Å²) in [6, 6.07) is 0. The van der Waals surface area contributed by atoms with Gasteiger partial charge in [0.2, 0.25) is 5.91 Å². The molecule has 1 aliphatic rings. The lowest BCUT2D eigenvalue weighted by atomic mass is 10.0. The Hall–Kier alpha value is -0.570. The van der Waals surface area contributed by atoms with Crippen LogP contribution in [0.25, 0.3) is 0 Å². The Labute approximate surface area is 80.1 Å². The maximum atomic E-state index is 11.9. The van der Waals surface area contributed by atoms with Gasteiger partial charge < -0.3 is 9.64 Å². The first-order chi connectivity index (χ1) is 6.20. The van der Waals surface area contributed by atoms with Crippen LogP contribution >= 0.6 is 0 Å². The molecule has 0 bridgehead atoms. The highest BCUT2D eigenvalue weighted by Gasteiger charge is 2.32. The Morgan fingerprint density at radius 2 is 2.08 bits per heavy atom. The van der Waals surface area contributed by atoms with Gasteiger partial charge in [-0.25, -0.2) is 0 Å². The van der Waals surface area contributed by atoms with Gasteiger partial charge in [-0.05, 0) is 27.2 Å². The average Bonchev–Trinajstić information content (AvgIpc) is 2.53. The van der Waals surface area contributed by atoms with Gasteiger partial charge in [0.15, 0.2) is 0 Å². The fourth-order valence-corrected chi connectivity index (χ4v) is 1.83. The Bertz CT molecular complexity index is 178. The minimum absolute atomic E-state index is 0.0971. The van der Waals surface area contributed by atoms with E-state index < -0.39 is 0 Å². The standard InChI is InChI=1S/C10H19NO2/c1-4-11(5-2)10(12)9-6-7-13-8(9)3/h8-9H,4-7H2,1-3H3. The second-order valence-electron chi connectivity index (χ2n) is 3.48. The molecule has 13 heavy (non-hydrogen) atoms. The topological polar surface area (TPSA) is 29.5 Å². The van der Waals surface area contributed by atoms with Crippen molar-refractivity contribution in [1.82, 2.24) is 4.90 Å². The molecule has 0 N–H and O–H groups in total. The van der Waals surface area contributed by atoms with Crippen LogP contribution in [0, 0.1) is 5.92 Å². The van der Waals surface area contributed by atoms with E-state index in [-0.39, 0.29) is 17.9 Å². The molecule has 0 aromatic rings. The van der Waals surface area contributed by atoms with E-state index in [1.165, 1.54) is 0 Å². The van der Waals surface area contributed by atoms with Crippen LogP contribution in [0.15, 0.2) is 0 Å². The zero-order valence-electron chi connectivity index (χ0n) is 8.75. The van der Waals surface area contributed by atoms with Gasteiger partial charge in [0.25, 0.3) is 0 Å². The molecule has 0 aromatic carbocycles. The van der Waals surface area contributed by atoms with Gasteiger partial charge in [-0.3, -0.25) is 4.79 Å². The molecule has 0 spiro atoms. The van der Waals surface area contributed by atoms with Crippen LogP contribution in [0.2, 0.25) is 0 Å². The van der Waals surface area contributed by atoms with E-state index in [2.05, 4.69) is 0 Å². The third kappa shape index (κ3) is 2.21. The second-order valence-corrected chi connectivity index (χ2v) is 3.48. The maximum absolute atomic E-state index is 11.9. The number of carbonyl (C=O) groups is 1. The molecule has 2 unspecified atom stereocenters. The quantitative estimate of drug-likeness (QED) is 0.663. The number of hydrogen-bond acceptors (Lipinski definition) is 2. The van der Waals surface area contributed by atoms with Gasteiger partial charge in [-0.15, -0.1) is 0 Å². The van der Waals surface area contributed by atoms with Crippen molar-refractivity contribution in [1.29, 1.82) is 0 Å². The molecule has 3 nitrogen and oxygen atoms in total. The molecule has 1 saturated heterocycles. The first-order valence-corrected chi connectivity index (χ1v) is 5.11. The van der Waals surface area contributed by atoms with Gasteiger partial charge in [-0.1, -0.05) is 0 Å². The molecule has 0 aromatic heterocycles. The highest BCUT2D eigenvalue weighted by molar-refractivity contribution is 5.79. The van der Waals surface area contributed by atoms with E-state index in [4.69, 9.17) is 4.74 Å². The molecule has 0 saturated carbocycles. The summed E-state index contributed by atoms with van der Waals surface area (Å²) in [5, 5.41) is 0. The Balaban J connectivity index is 2.54. The number of rotatable bonds is 3. The van der Waals surface area contributed by atoms with Gasteiger partial charge in [-0.2, -0.15) is 0 Å². The third-order valence-corrected chi connectivity index (χ3v) is 2.77. The smallest absolute Gasteiger partial charge is 0.228 e. The first kappa shape index (κ1) is 10.5. The number of nitrogens with zero attached hydrogens (tertiary/aromatic N) is 1. The van der Waals surface area contributed by atoms with Crippen LogP contribution in [-0.4, -0.2) is 36.6 Å². The first-order valence-electron chi connectivity index (χ1n) is 5.11. The molecular formula is C10H19NO2. The number of amides is 1. The van der Waals surface area contributed by atoms with Gasteiger partial charge >= 0.3 is 0 Å². The molecular weight excluding hydrogens is 166 g/mol. The summed E-state index contributed by atoms with van der Waals surface area (Å²) in [6.45, 7) is 8.36. The zero-order valence-corrected chi connectivity index (χ0v) is 8.75. The lowest BCUT2D eigenvalue weighted by molar-refractivity contribution is -0.136. The summed E-state index contributed by atoms with van der Waals surface area (Å²) < 4.78 is 5.38. The molecule has 0 radical (unpaired) electrons. The maximum Gasteiger partial charge on any atom is 0.228 e. The zero-order chi connectivity index (χ0) is 9.84. The minimum atomic E-state index is 0.0971. The Morgan fingerprint density at radius 3 is 2.46 bits per heavy atom. The van der Waals surface area contributed by atoms with Crippen molar-refractivity contribution >= 4 is 5.91 Å². The summed E-state index contributed by atoms with van der Waals surface area (Å²) in [5.41, 5.74) is 0. The van der Waals surface area contributed by atoms with Crippen LogP contribution in [0.1, 0.15) is 27.2 Å². The molecule has 1 rings (SSSR count). The monoisotopic (exact) mass is 185 g/mol. The minimum Gasteiger partial charge on any atom is -0.378 e. The van der Waals surface area contributed by atoms with Crippen LogP contribution in [0.5, 0.6) is 0 Å². The van der Waals surface area contributed by atoms with E-state index in [1.54, 1.807) is 0 Å². The predicted molar refractivity (Wildman–Crippen MR) is 51.4 cm³/mol. The number of ether oxygens (including phenoxy) is 1. The fourth-order valence-electron chi connectivity index (χ4n) is 1.83. The third-order valence-electron chi connectivity index (χ3n) is 2.77. The van der Waals surface area contributed by atoms with Crippen LogP contribution in [0.3, 0.4) is 0 Å². The van der Waals surface area contributed by atoms with E-state index in [9.17, 15) is 4.79 Å². The molecule has 3 heteroatoms. The summed E-state index contributed by atoms with van der Waals surface area (Å²) in [5.74, 6) is 0.356. The van der Waals surface area contributed by atoms with Crippen molar-refractivity contribution in [2.45, 2.75) is 33.3 Å².